The van der Waals surface area contributed by atoms with Gasteiger partial charge in [0.15, 0.2) is 0 Å². The quantitative estimate of drug-likeness (QED) is 0.901. The highest BCUT2D eigenvalue weighted by Gasteiger charge is 2.25. The standard InChI is InChI=1S/C15H25N3O2/c1-10-9-19-11(2)8-18(10)13-7-6-12(16)14(17-13)20-15(3,4)5/h6-7,10-11H,8-9,16H2,1-5H3. The van der Waals surface area contributed by atoms with Crippen molar-refractivity contribution in [2.45, 2.75) is 52.4 Å². The van der Waals surface area contributed by atoms with Gasteiger partial charge in [-0.05, 0) is 46.8 Å². The summed E-state index contributed by atoms with van der Waals surface area (Å²) in [5, 5.41) is 0. The van der Waals surface area contributed by atoms with Crippen molar-refractivity contribution in [1.29, 1.82) is 0 Å². The Morgan fingerprint density at radius 2 is 2.05 bits per heavy atom. The molecule has 0 radical (unpaired) electrons. The highest BCUT2D eigenvalue weighted by molar-refractivity contribution is 5.55. The number of hydrogen-bond acceptors (Lipinski definition) is 5. The Balaban J connectivity index is 2.26. The van der Waals surface area contributed by atoms with Crippen LogP contribution in [-0.4, -0.2) is 35.9 Å². The van der Waals surface area contributed by atoms with E-state index in [4.69, 9.17) is 15.2 Å². The zero-order chi connectivity index (χ0) is 14.9. The number of morpholine rings is 1. The van der Waals surface area contributed by atoms with Crippen molar-refractivity contribution in [2.24, 2.45) is 0 Å². The van der Waals surface area contributed by atoms with Crippen molar-refractivity contribution in [2.75, 3.05) is 23.8 Å². The Kier molecular flexibility index (Phi) is 4.09. The van der Waals surface area contributed by atoms with E-state index in [9.17, 15) is 0 Å². The van der Waals surface area contributed by atoms with Gasteiger partial charge in [0.25, 0.3) is 0 Å². The molecule has 0 aliphatic carbocycles. The Morgan fingerprint density at radius 1 is 1.35 bits per heavy atom. The summed E-state index contributed by atoms with van der Waals surface area (Å²) in [6, 6.07) is 4.10. The number of rotatable bonds is 2. The smallest absolute Gasteiger partial charge is 0.239 e. The average molecular weight is 279 g/mol. The molecule has 5 heteroatoms. The molecular weight excluding hydrogens is 254 g/mol. The van der Waals surface area contributed by atoms with E-state index in [1.807, 2.05) is 32.9 Å². The molecule has 1 fully saturated rings. The summed E-state index contributed by atoms with van der Waals surface area (Å²) in [6.07, 6.45) is 0.206. The van der Waals surface area contributed by atoms with Gasteiger partial charge in [-0.2, -0.15) is 4.98 Å². The average Bonchev–Trinajstić information content (AvgIpc) is 2.33. The Hall–Kier alpha value is -1.49. The molecule has 2 N–H and O–H groups in total. The summed E-state index contributed by atoms with van der Waals surface area (Å²) in [7, 11) is 0. The second kappa shape index (κ2) is 5.48. The van der Waals surface area contributed by atoms with Crippen LogP contribution < -0.4 is 15.4 Å². The summed E-state index contributed by atoms with van der Waals surface area (Å²) < 4.78 is 11.5. The largest absolute Gasteiger partial charge is 0.470 e. The van der Waals surface area contributed by atoms with E-state index < -0.39 is 0 Å². The van der Waals surface area contributed by atoms with E-state index >= 15 is 0 Å². The van der Waals surface area contributed by atoms with Crippen LogP contribution in [0.2, 0.25) is 0 Å². The van der Waals surface area contributed by atoms with Gasteiger partial charge in [0, 0.05) is 6.54 Å². The van der Waals surface area contributed by atoms with Crippen LogP contribution in [-0.2, 0) is 4.74 Å². The van der Waals surface area contributed by atoms with Crippen LogP contribution in [0.15, 0.2) is 12.1 Å². The van der Waals surface area contributed by atoms with Gasteiger partial charge in [-0.25, -0.2) is 0 Å². The van der Waals surface area contributed by atoms with Crippen LogP contribution in [0.3, 0.4) is 0 Å². The maximum absolute atomic E-state index is 5.96. The van der Waals surface area contributed by atoms with Gasteiger partial charge in [-0.15, -0.1) is 0 Å². The maximum Gasteiger partial charge on any atom is 0.239 e. The van der Waals surface area contributed by atoms with E-state index in [-0.39, 0.29) is 11.7 Å². The summed E-state index contributed by atoms with van der Waals surface area (Å²) in [4.78, 5) is 6.83. The molecule has 1 saturated heterocycles. The molecule has 2 heterocycles. The van der Waals surface area contributed by atoms with Gasteiger partial charge >= 0.3 is 0 Å². The number of nitrogen functional groups attached to an aromatic ring is 1. The lowest BCUT2D eigenvalue weighted by atomic mass is 10.2. The van der Waals surface area contributed by atoms with Gasteiger partial charge in [-0.1, -0.05) is 0 Å². The third-order valence-electron chi connectivity index (χ3n) is 3.18. The fraction of sp³-hybridized carbons (Fsp3) is 0.667. The maximum atomic E-state index is 5.96. The van der Waals surface area contributed by atoms with Crippen LogP contribution in [0, 0.1) is 0 Å². The van der Waals surface area contributed by atoms with Gasteiger partial charge in [-0.3, -0.25) is 0 Å². The predicted octanol–water partition coefficient (Wildman–Crippen LogP) is 2.45. The van der Waals surface area contributed by atoms with Crippen LogP contribution in [0.5, 0.6) is 5.88 Å². The number of nitrogens with two attached hydrogens (primary N) is 1. The Morgan fingerprint density at radius 3 is 2.70 bits per heavy atom. The molecule has 1 aliphatic rings. The first-order valence-corrected chi connectivity index (χ1v) is 7.10. The molecule has 1 aromatic heterocycles. The van der Waals surface area contributed by atoms with Crippen molar-refractivity contribution in [3.63, 3.8) is 0 Å². The van der Waals surface area contributed by atoms with E-state index in [2.05, 4.69) is 23.7 Å². The zero-order valence-electron chi connectivity index (χ0n) is 13.0. The first-order chi connectivity index (χ1) is 9.26. The van der Waals surface area contributed by atoms with Crippen LogP contribution >= 0.6 is 0 Å². The first kappa shape index (κ1) is 14.9. The number of anilines is 2. The number of aromatic nitrogens is 1. The van der Waals surface area contributed by atoms with Gasteiger partial charge in [0.05, 0.1) is 24.4 Å². The number of nitrogens with zero attached hydrogens (tertiary/aromatic N) is 2. The first-order valence-electron chi connectivity index (χ1n) is 7.10. The molecule has 0 amide bonds. The minimum Gasteiger partial charge on any atom is -0.470 e. The van der Waals surface area contributed by atoms with Crippen LogP contribution in [0.4, 0.5) is 11.5 Å². The minimum atomic E-state index is -0.316. The second-order valence-corrected chi connectivity index (χ2v) is 6.42. The van der Waals surface area contributed by atoms with Crippen molar-refractivity contribution in [3.05, 3.63) is 12.1 Å². The molecule has 0 saturated carbocycles. The monoisotopic (exact) mass is 279 g/mol. The van der Waals surface area contributed by atoms with Crippen LogP contribution in [0.25, 0.3) is 0 Å². The van der Waals surface area contributed by atoms with Crippen molar-refractivity contribution in [1.82, 2.24) is 4.98 Å². The molecule has 5 nitrogen and oxygen atoms in total. The molecule has 0 aromatic carbocycles. The molecule has 2 rings (SSSR count). The summed E-state index contributed by atoms with van der Waals surface area (Å²) in [5.41, 5.74) is 6.21. The zero-order valence-corrected chi connectivity index (χ0v) is 13.0. The highest BCUT2D eigenvalue weighted by atomic mass is 16.5. The summed E-state index contributed by atoms with van der Waals surface area (Å²) in [5.74, 6) is 1.39. The van der Waals surface area contributed by atoms with E-state index in [1.54, 1.807) is 0 Å². The Bertz CT molecular complexity index is 471. The molecule has 20 heavy (non-hydrogen) atoms. The third-order valence-corrected chi connectivity index (χ3v) is 3.18. The molecule has 1 aromatic rings. The van der Waals surface area contributed by atoms with Gasteiger partial charge < -0.3 is 20.1 Å². The number of pyridine rings is 1. The van der Waals surface area contributed by atoms with E-state index in [0.29, 0.717) is 24.2 Å². The minimum absolute atomic E-state index is 0.206. The van der Waals surface area contributed by atoms with Crippen LogP contribution in [0.1, 0.15) is 34.6 Å². The molecule has 1 aliphatic heterocycles. The second-order valence-electron chi connectivity index (χ2n) is 6.42. The Labute approximate surface area is 121 Å². The fourth-order valence-corrected chi connectivity index (χ4v) is 2.20. The van der Waals surface area contributed by atoms with Gasteiger partial charge in [0.1, 0.15) is 11.4 Å². The van der Waals surface area contributed by atoms with Crippen molar-refractivity contribution >= 4 is 11.5 Å². The lowest BCUT2D eigenvalue weighted by Gasteiger charge is -2.38. The third kappa shape index (κ3) is 3.54. The van der Waals surface area contributed by atoms with Gasteiger partial charge in [0.2, 0.25) is 5.88 Å². The molecule has 112 valence electrons. The fourth-order valence-electron chi connectivity index (χ4n) is 2.20. The molecule has 2 unspecified atom stereocenters. The lowest BCUT2D eigenvalue weighted by molar-refractivity contribution is 0.0339. The molecule has 0 bridgehead atoms. The van der Waals surface area contributed by atoms with E-state index in [1.165, 1.54) is 0 Å². The van der Waals surface area contributed by atoms with Crippen molar-refractivity contribution in [3.8, 4) is 5.88 Å². The SMILES string of the molecule is CC1CN(c2ccc(N)c(OC(C)(C)C)n2)C(C)CO1. The van der Waals surface area contributed by atoms with E-state index in [0.717, 1.165) is 12.4 Å². The molecular formula is C15H25N3O2. The molecule has 0 spiro atoms. The predicted molar refractivity (Wildman–Crippen MR) is 81.3 cm³/mol. The molecule has 2 atom stereocenters. The number of ether oxygens (including phenoxy) is 2. The topological polar surface area (TPSA) is 60.6 Å². The lowest BCUT2D eigenvalue weighted by Crippen LogP contribution is -2.47. The summed E-state index contributed by atoms with van der Waals surface area (Å²) in [6.45, 7) is 11.7. The highest BCUT2D eigenvalue weighted by Crippen LogP contribution is 2.28. The van der Waals surface area contributed by atoms with Crippen molar-refractivity contribution < 1.29 is 9.47 Å². The number of hydrogen-bond donors (Lipinski definition) is 1. The normalized spacial score (nSPS) is 23.8. The summed E-state index contributed by atoms with van der Waals surface area (Å²) >= 11 is 0.